The van der Waals surface area contributed by atoms with Gasteiger partial charge >= 0.3 is 0 Å². The van der Waals surface area contributed by atoms with Gasteiger partial charge in [-0.3, -0.25) is 0 Å². The van der Waals surface area contributed by atoms with Crippen molar-refractivity contribution in [1.29, 1.82) is 0 Å². The van der Waals surface area contributed by atoms with Crippen LogP contribution in [0.5, 0.6) is 11.5 Å². The van der Waals surface area contributed by atoms with Crippen LogP contribution in [0.4, 0.5) is 0 Å². The summed E-state index contributed by atoms with van der Waals surface area (Å²) in [5, 5.41) is 0.542. The largest absolute Gasteiger partial charge is 0.490 e. The normalized spacial score (nSPS) is 10.8. The van der Waals surface area contributed by atoms with E-state index in [1.165, 1.54) is 0 Å². The predicted octanol–water partition coefficient (Wildman–Crippen LogP) is 2.14. The highest BCUT2D eigenvalue weighted by Gasteiger charge is 2.12. The van der Waals surface area contributed by atoms with E-state index in [0.717, 1.165) is 12.1 Å². The van der Waals surface area contributed by atoms with E-state index in [-0.39, 0.29) is 0 Å². The van der Waals surface area contributed by atoms with Crippen LogP contribution in [0, 0.1) is 0 Å². The van der Waals surface area contributed by atoms with Crippen molar-refractivity contribution in [1.82, 2.24) is 4.90 Å². The first-order chi connectivity index (χ1) is 8.58. The van der Waals surface area contributed by atoms with Crippen molar-refractivity contribution in [3.8, 4) is 11.5 Å². The number of hydrogen-bond donors (Lipinski definition) is 1. The summed E-state index contributed by atoms with van der Waals surface area (Å²) < 4.78 is 11.2. The molecule has 0 aliphatic heterocycles. The number of likely N-dealkylation sites (N-methyl/N-ethyl adjacent to an activating group) is 1. The molecular formula is C13H21ClN2O2. The number of benzene rings is 1. The third-order valence-corrected chi connectivity index (χ3v) is 2.67. The standard InChI is InChI=1S/C13H21ClN2O2/c1-4-17-12-8-10(9-15)7-11(14)13(12)18-6-5-16(2)3/h7-8H,4-6,9,15H2,1-3H3. The minimum Gasteiger partial charge on any atom is -0.490 e. The summed E-state index contributed by atoms with van der Waals surface area (Å²) in [6.45, 7) is 4.30. The van der Waals surface area contributed by atoms with Gasteiger partial charge in [-0.2, -0.15) is 0 Å². The molecular weight excluding hydrogens is 252 g/mol. The second-order valence-corrected chi connectivity index (χ2v) is 4.60. The van der Waals surface area contributed by atoms with Gasteiger partial charge in [-0.25, -0.2) is 0 Å². The third-order valence-electron chi connectivity index (χ3n) is 2.39. The molecule has 0 saturated heterocycles. The SMILES string of the molecule is CCOc1cc(CN)cc(Cl)c1OCCN(C)C. The molecule has 18 heavy (non-hydrogen) atoms. The molecule has 1 aromatic carbocycles. The maximum atomic E-state index is 6.19. The molecule has 0 bridgehead atoms. The lowest BCUT2D eigenvalue weighted by Gasteiger charge is -2.16. The molecule has 0 unspecified atom stereocenters. The third kappa shape index (κ3) is 4.37. The van der Waals surface area contributed by atoms with Crippen LogP contribution in [0.15, 0.2) is 12.1 Å². The summed E-state index contributed by atoms with van der Waals surface area (Å²) in [5.74, 6) is 1.25. The summed E-state index contributed by atoms with van der Waals surface area (Å²) >= 11 is 6.19. The van der Waals surface area contributed by atoms with Gasteiger partial charge in [0.15, 0.2) is 11.5 Å². The average molecular weight is 273 g/mol. The fourth-order valence-electron chi connectivity index (χ4n) is 1.47. The number of nitrogens with two attached hydrogens (primary N) is 1. The van der Waals surface area contributed by atoms with E-state index in [1.807, 2.05) is 38.1 Å². The topological polar surface area (TPSA) is 47.7 Å². The number of hydrogen-bond acceptors (Lipinski definition) is 4. The summed E-state index contributed by atoms with van der Waals surface area (Å²) in [5.41, 5.74) is 6.55. The lowest BCUT2D eigenvalue weighted by Crippen LogP contribution is -2.19. The van der Waals surface area contributed by atoms with Crippen molar-refractivity contribution in [3.63, 3.8) is 0 Å². The average Bonchev–Trinajstić information content (AvgIpc) is 2.32. The summed E-state index contributed by atoms with van der Waals surface area (Å²) in [7, 11) is 3.98. The maximum absolute atomic E-state index is 6.19. The van der Waals surface area contributed by atoms with Gasteiger partial charge in [-0.1, -0.05) is 11.6 Å². The Bertz CT molecular complexity index is 383. The molecule has 102 valence electrons. The van der Waals surface area contributed by atoms with Crippen molar-refractivity contribution in [2.24, 2.45) is 5.73 Å². The Kier molecular flexibility index (Phi) is 6.25. The summed E-state index contributed by atoms with van der Waals surface area (Å²) in [4.78, 5) is 2.04. The molecule has 0 saturated carbocycles. The zero-order valence-corrected chi connectivity index (χ0v) is 12.0. The van der Waals surface area contributed by atoms with Gasteiger partial charge in [-0.05, 0) is 38.7 Å². The predicted molar refractivity (Wildman–Crippen MR) is 74.6 cm³/mol. The van der Waals surface area contributed by atoms with Crippen LogP contribution >= 0.6 is 11.6 Å². The van der Waals surface area contributed by atoms with Gasteiger partial charge in [0.2, 0.25) is 0 Å². The van der Waals surface area contributed by atoms with E-state index < -0.39 is 0 Å². The van der Waals surface area contributed by atoms with Gasteiger partial charge in [0.05, 0.1) is 11.6 Å². The van der Waals surface area contributed by atoms with Crippen molar-refractivity contribution >= 4 is 11.6 Å². The molecule has 1 aromatic rings. The molecule has 4 nitrogen and oxygen atoms in total. The van der Waals surface area contributed by atoms with Gasteiger partial charge in [-0.15, -0.1) is 0 Å². The Labute approximate surface area is 114 Å². The van der Waals surface area contributed by atoms with Crippen molar-refractivity contribution in [2.75, 3.05) is 33.9 Å². The van der Waals surface area contributed by atoms with Crippen molar-refractivity contribution < 1.29 is 9.47 Å². The number of rotatable bonds is 7. The Morgan fingerprint density at radius 2 is 2.00 bits per heavy atom. The fourth-order valence-corrected chi connectivity index (χ4v) is 1.76. The van der Waals surface area contributed by atoms with Gasteiger partial charge in [0.25, 0.3) is 0 Å². The molecule has 0 amide bonds. The Balaban J connectivity index is 2.86. The maximum Gasteiger partial charge on any atom is 0.179 e. The van der Waals surface area contributed by atoms with Crippen LogP contribution < -0.4 is 15.2 Å². The number of halogens is 1. The van der Waals surface area contributed by atoms with E-state index in [9.17, 15) is 0 Å². The molecule has 0 atom stereocenters. The lowest BCUT2D eigenvalue weighted by molar-refractivity contribution is 0.244. The first kappa shape index (κ1) is 15.1. The van der Waals surface area contributed by atoms with Crippen LogP contribution in [0.1, 0.15) is 12.5 Å². The second kappa shape index (κ2) is 7.46. The van der Waals surface area contributed by atoms with Crippen LogP contribution in [0.25, 0.3) is 0 Å². The Morgan fingerprint density at radius 3 is 2.56 bits per heavy atom. The number of nitrogens with zero attached hydrogens (tertiary/aromatic N) is 1. The van der Waals surface area contributed by atoms with E-state index >= 15 is 0 Å². The fraction of sp³-hybridized carbons (Fsp3) is 0.538. The van der Waals surface area contributed by atoms with Crippen LogP contribution in [0.3, 0.4) is 0 Å². The molecule has 0 spiro atoms. The minimum absolute atomic E-state index is 0.428. The van der Waals surface area contributed by atoms with Gasteiger partial charge in [0, 0.05) is 13.1 Å². The minimum atomic E-state index is 0.428. The van der Waals surface area contributed by atoms with E-state index in [2.05, 4.69) is 0 Å². The van der Waals surface area contributed by atoms with E-state index in [1.54, 1.807) is 0 Å². The first-order valence-electron chi connectivity index (χ1n) is 6.01. The lowest BCUT2D eigenvalue weighted by atomic mass is 10.2. The molecule has 0 heterocycles. The quantitative estimate of drug-likeness (QED) is 0.826. The molecule has 5 heteroatoms. The summed E-state index contributed by atoms with van der Waals surface area (Å²) in [6, 6.07) is 3.69. The van der Waals surface area contributed by atoms with E-state index in [4.69, 9.17) is 26.8 Å². The van der Waals surface area contributed by atoms with Gasteiger partial charge in [0.1, 0.15) is 6.61 Å². The van der Waals surface area contributed by atoms with E-state index in [0.29, 0.717) is 36.3 Å². The second-order valence-electron chi connectivity index (χ2n) is 4.19. The highest BCUT2D eigenvalue weighted by molar-refractivity contribution is 6.32. The smallest absolute Gasteiger partial charge is 0.179 e. The van der Waals surface area contributed by atoms with Crippen molar-refractivity contribution in [3.05, 3.63) is 22.7 Å². The monoisotopic (exact) mass is 272 g/mol. The molecule has 0 aromatic heterocycles. The van der Waals surface area contributed by atoms with Gasteiger partial charge < -0.3 is 20.1 Å². The highest BCUT2D eigenvalue weighted by Crippen LogP contribution is 2.36. The molecule has 1 rings (SSSR count). The molecule has 0 radical (unpaired) electrons. The molecule has 0 aliphatic carbocycles. The zero-order valence-electron chi connectivity index (χ0n) is 11.2. The Morgan fingerprint density at radius 1 is 1.28 bits per heavy atom. The zero-order chi connectivity index (χ0) is 13.5. The van der Waals surface area contributed by atoms with Crippen molar-refractivity contribution in [2.45, 2.75) is 13.5 Å². The Hall–Kier alpha value is -0.970. The number of ether oxygens (including phenoxy) is 2. The van der Waals surface area contributed by atoms with Crippen LogP contribution in [0.2, 0.25) is 5.02 Å². The van der Waals surface area contributed by atoms with Crippen LogP contribution in [-0.4, -0.2) is 38.8 Å². The molecule has 0 fully saturated rings. The first-order valence-corrected chi connectivity index (χ1v) is 6.39. The van der Waals surface area contributed by atoms with Crippen LogP contribution in [-0.2, 0) is 6.54 Å². The molecule has 2 N–H and O–H groups in total. The highest BCUT2D eigenvalue weighted by atomic mass is 35.5. The summed E-state index contributed by atoms with van der Waals surface area (Å²) in [6.07, 6.45) is 0. The molecule has 0 aliphatic rings.